The summed E-state index contributed by atoms with van der Waals surface area (Å²) in [5, 5.41) is 9.04. The van der Waals surface area contributed by atoms with E-state index in [9.17, 15) is 19.2 Å². The number of esters is 1. The zero-order chi connectivity index (χ0) is 22.7. The first-order chi connectivity index (χ1) is 14.5. The van der Waals surface area contributed by atoms with Crippen LogP contribution in [0.15, 0.2) is 22.5 Å². The number of rotatable bonds is 5. The topological polar surface area (TPSA) is 116 Å². The molecule has 1 N–H and O–H groups in total. The Bertz CT molecular complexity index is 939. The molecule has 8 nitrogen and oxygen atoms in total. The summed E-state index contributed by atoms with van der Waals surface area (Å²) in [6.07, 6.45) is 0.424. The van der Waals surface area contributed by atoms with E-state index in [1.165, 1.54) is 14.0 Å². The lowest BCUT2D eigenvalue weighted by Crippen LogP contribution is -2.49. The molecular formula is C23H28O8. The molecule has 0 aromatic heterocycles. The second-order valence-corrected chi connectivity index (χ2v) is 9.52. The van der Waals surface area contributed by atoms with Crippen molar-refractivity contribution < 1.29 is 38.5 Å². The van der Waals surface area contributed by atoms with E-state index in [1.54, 1.807) is 0 Å². The monoisotopic (exact) mass is 432 g/mol. The van der Waals surface area contributed by atoms with Gasteiger partial charge in [-0.15, -0.1) is 0 Å². The van der Waals surface area contributed by atoms with Gasteiger partial charge in [0.15, 0.2) is 17.6 Å². The first-order valence-corrected chi connectivity index (χ1v) is 10.7. The fraction of sp³-hybridized carbons (Fsp3) is 0.652. The third kappa shape index (κ3) is 3.14. The molecule has 2 aliphatic heterocycles. The third-order valence-electron chi connectivity index (χ3n) is 7.18. The van der Waals surface area contributed by atoms with Gasteiger partial charge in [0.1, 0.15) is 11.7 Å². The normalized spacial score (nSPS) is 33.7. The van der Waals surface area contributed by atoms with Gasteiger partial charge in [-0.05, 0) is 37.2 Å². The van der Waals surface area contributed by atoms with Crippen molar-refractivity contribution in [1.29, 1.82) is 0 Å². The van der Waals surface area contributed by atoms with Gasteiger partial charge in [-0.3, -0.25) is 19.2 Å². The van der Waals surface area contributed by atoms with E-state index in [0.717, 1.165) is 0 Å². The van der Waals surface area contributed by atoms with Crippen LogP contribution in [0, 0.1) is 11.3 Å². The lowest BCUT2D eigenvalue weighted by Gasteiger charge is -2.39. The molecule has 0 amide bonds. The van der Waals surface area contributed by atoms with Crippen LogP contribution in [0.4, 0.5) is 0 Å². The fourth-order valence-corrected chi connectivity index (χ4v) is 6.01. The second kappa shape index (κ2) is 7.29. The number of aliphatic carboxylic acids is 1. The molecule has 2 aliphatic carbocycles. The van der Waals surface area contributed by atoms with Crippen molar-refractivity contribution >= 4 is 23.5 Å². The maximum absolute atomic E-state index is 13.7. The fourth-order valence-electron chi connectivity index (χ4n) is 6.01. The number of carboxylic acid groups (broad SMARTS) is 1. The van der Waals surface area contributed by atoms with Crippen molar-refractivity contribution in [1.82, 2.24) is 0 Å². The van der Waals surface area contributed by atoms with Gasteiger partial charge < -0.3 is 19.3 Å². The maximum Gasteiger partial charge on any atom is 0.303 e. The molecule has 1 spiro atoms. The number of carboxylic acids is 1. The first kappa shape index (κ1) is 21.7. The molecule has 8 heteroatoms. The van der Waals surface area contributed by atoms with Crippen LogP contribution in [0.3, 0.4) is 0 Å². The Kier molecular flexibility index (Phi) is 5.11. The van der Waals surface area contributed by atoms with Crippen molar-refractivity contribution in [2.45, 2.75) is 77.1 Å². The molecule has 0 aromatic carbocycles. The summed E-state index contributed by atoms with van der Waals surface area (Å²) in [6.45, 7) is 5.00. The highest BCUT2D eigenvalue weighted by molar-refractivity contribution is 6.10. The molecule has 4 atom stereocenters. The number of allylic oxidation sites excluding steroid dienone is 1. The molecular weight excluding hydrogens is 404 g/mol. The van der Waals surface area contributed by atoms with Crippen LogP contribution >= 0.6 is 0 Å². The van der Waals surface area contributed by atoms with Gasteiger partial charge in [-0.25, -0.2) is 0 Å². The Morgan fingerprint density at radius 3 is 2.58 bits per heavy atom. The Morgan fingerprint density at radius 2 is 1.97 bits per heavy atom. The quantitative estimate of drug-likeness (QED) is 0.659. The van der Waals surface area contributed by atoms with Crippen molar-refractivity contribution in [3.8, 4) is 0 Å². The number of methoxy groups -OCH3 is 1. The standard InChI is InChI=1S/C23H28O8/c1-11(24)30-20-13-7-5-12(6-8-16(26)27)9-14(13)17(28)18(29-4)19-22(2,3)21-15(25)10-23(19,20)31-21/h12,20-21H,5-10H2,1-4H3,(H,26,27)/t12?,20-,21-,23+/m0/s1. The second-order valence-electron chi connectivity index (χ2n) is 9.52. The van der Waals surface area contributed by atoms with Gasteiger partial charge >= 0.3 is 11.9 Å². The van der Waals surface area contributed by atoms with Crippen LogP contribution in [-0.2, 0) is 33.4 Å². The third-order valence-corrected chi connectivity index (χ3v) is 7.18. The highest BCUT2D eigenvalue weighted by atomic mass is 16.6. The minimum absolute atomic E-state index is 0.0216. The van der Waals surface area contributed by atoms with Gasteiger partial charge in [-0.1, -0.05) is 13.8 Å². The molecule has 2 heterocycles. The molecule has 0 saturated carbocycles. The molecule has 168 valence electrons. The van der Waals surface area contributed by atoms with Crippen LogP contribution < -0.4 is 0 Å². The minimum atomic E-state index is -1.25. The maximum atomic E-state index is 13.7. The number of fused-ring (bicyclic) bond motifs is 1. The van der Waals surface area contributed by atoms with Crippen LogP contribution in [0.1, 0.15) is 59.3 Å². The van der Waals surface area contributed by atoms with E-state index < -0.39 is 35.2 Å². The zero-order valence-electron chi connectivity index (χ0n) is 18.3. The van der Waals surface area contributed by atoms with E-state index in [0.29, 0.717) is 42.4 Å². The summed E-state index contributed by atoms with van der Waals surface area (Å²) in [5.41, 5.74) is -0.284. The average Bonchev–Trinajstić information content (AvgIpc) is 3.13. The number of Topliss-reactive ketones (excluding diaryl/α,β-unsaturated/α-hetero) is 2. The lowest BCUT2D eigenvalue weighted by atomic mass is 9.64. The molecule has 0 aromatic rings. The minimum Gasteiger partial charge on any atom is -0.493 e. The van der Waals surface area contributed by atoms with E-state index in [1.807, 2.05) is 13.8 Å². The highest BCUT2D eigenvalue weighted by Crippen LogP contribution is 2.62. The first-order valence-electron chi connectivity index (χ1n) is 10.7. The highest BCUT2D eigenvalue weighted by Gasteiger charge is 2.71. The number of hydrogen-bond donors (Lipinski definition) is 1. The molecule has 2 bridgehead atoms. The number of hydrogen-bond acceptors (Lipinski definition) is 7. The van der Waals surface area contributed by atoms with Gasteiger partial charge in [0.05, 0.1) is 7.11 Å². The molecule has 0 radical (unpaired) electrons. The molecule has 2 fully saturated rings. The van der Waals surface area contributed by atoms with Crippen molar-refractivity contribution in [2.75, 3.05) is 7.11 Å². The number of carbonyl (C=O) groups excluding carboxylic acids is 3. The number of ether oxygens (including phenoxy) is 3. The van der Waals surface area contributed by atoms with Crippen molar-refractivity contribution in [3.05, 3.63) is 22.5 Å². The van der Waals surface area contributed by atoms with E-state index >= 15 is 0 Å². The molecule has 4 rings (SSSR count). The Balaban J connectivity index is 1.87. The molecule has 4 aliphatic rings. The Hall–Kier alpha value is -2.48. The SMILES string of the molecule is COC1=C2C(C)(C)[C@H]3O[C@@]2(CC3=O)[C@@H](OC(C)=O)C2=C(CC(CCC(=O)O)CC2)C1=O. The van der Waals surface area contributed by atoms with Crippen molar-refractivity contribution in [3.63, 3.8) is 0 Å². The summed E-state index contributed by atoms with van der Waals surface area (Å²) < 4.78 is 17.7. The predicted molar refractivity (Wildman–Crippen MR) is 107 cm³/mol. The van der Waals surface area contributed by atoms with Gasteiger partial charge in [0, 0.05) is 36.3 Å². The smallest absolute Gasteiger partial charge is 0.303 e. The summed E-state index contributed by atoms with van der Waals surface area (Å²) >= 11 is 0. The predicted octanol–water partition coefficient (Wildman–Crippen LogP) is 2.50. The van der Waals surface area contributed by atoms with E-state index in [2.05, 4.69) is 0 Å². The van der Waals surface area contributed by atoms with Gasteiger partial charge in [0.2, 0.25) is 5.78 Å². The Morgan fingerprint density at radius 1 is 1.26 bits per heavy atom. The Labute approximate surface area is 180 Å². The molecule has 31 heavy (non-hydrogen) atoms. The van der Waals surface area contributed by atoms with Crippen LogP contribution in [0.25, 0.3) is 0 Å². The number of ketones is 2. The number of carbonyl (C=O) groups is 4. The van der Waals surface area contributed by atoms with E-state index in [4.69, 9.17) is 19.3 Å². The summed E-state index contributed by atoms with van der Waals surface area (Å²) in [7, 11) is 1.43. The van der Waals surface area contributed by atoms with Crippen LogP contribution in [-0.4, -0.2) is 53.5 Å². The van der Waals surface area contributed by atoms with Crippen LogP contribution in [0.5, 0.6) is 0 Å². The van der Waals surface area contributed by atoms with Gasteiger partial charge in [-0.2, -0.15) is 0 Å². The van der Waals surface area contributed by atoms with Crippen molar-refractivity contribution in [2.24, 2.45) is 11.3 Å². The summed E-state index contributed by atoms with van der Waals surface area (Å²) in [6, 6.07) is 0. The molecule has 1 unspecified atom stereocenters. The molecule has 2 saturated heterocycles. The van der Waals surface area contributed by atoms with Gasteiger partial charge in [0.25, 0.3) is 0 Å². The lowest BCUT2D eigenvalue weighted by molar-refractivity contribution is -0.156. The van der Waals surface area contributed by atoms with Crippen LogP contribution in [0.2, 0.25) is 0 Å². The van der Waals surface area contributed by atoms with E-state index in [-0.39, 0.29) is 36.1 Å². The summed E-state index contributed by atoms with van der Waals surface area (Å²) in [4.78, 5) is 49.6. The largest absolute Gasteiger partial charge is 0.493 e. The average molecular weight is 432 g/mol. The zero-order valence-corrected chi connectivity index (χ0v) is 18.3. The summed E-state index contributed by atoms with van der Waals surface area (Å²) in [5.74, 6) is -1.56.